The topological polar surface area (TPSA) is 101 Å². The molecule has 25 heavy (non-hydrogen) atoms. The molecule has 2 N–H and O–H groups in total. The number of aliphatic carboxylic acids is 1. The molecule has 1 unspecified atom stereocenters. The van der Waals surface area contributed by atoms with E-state index < -0.39 is 21.9 Å². The fourth-order valence-electron chi connectivity index (χ4n) is 2.47. The fourth-order valence-corrected chi connectivity index (χ4v) is 3.51. The highest BCUT2D eigenvalue weighted by atomic mass is 32.2. The average Bonchev–Trinajstić information content (AvgIpc) is 3.01. The highest BCUT2D eigenvalue weighted by molar-refractivity contribution is 7.89. The Morgan fingerprint density at radius 1 is 1.28 bits per heavy atom. The molecule has 0 amide bonds. The summed E-state index contributed by atoms with van der Waals surface area (Å²) in [4.78, 5) is 11.3. The third-order valence-corrected chi connectivity index (χ3v) is 5.11. The molecule has 0 saturated heterocycles. The van der Waals surface area contributed by atoms with Crippen LogP contribution < -0.4 is 4.72 Å². The van der Waals surface area contributed by atoms with Gasteiger partial charge < -0.3 is 5.11 Å². The van der Waals surface area contributed by atoms with Crippen LogP contribution in [0.5, 0.6) is 0 Å². The van der Waals surface area contributed by atoms with E-state index in [-0.39, 0.29) is 17.4 Å². The number of nitrogens with zero attached hydrogens (tertiary/aromatic N) is 2. The summed E-state index contributed by atoms with van der Waals surface area (Å²) in [6.45, 7) is 4.12. The third kappa shape index (κ3) is 5.68. The number of benzene rings is 1. The van der Waals surface area contributed by atoms with Crippen LogP contribution >= 0.6 is 0 Å². The van der Waals surface area contributed by atoms with Gasteiger partial charge in [-0.05, 0) is 17.9 Å². The van der Waals surface area contributed by atoms with Gasteiger partial charge in [-0.2, -0.15) is 5.10 Å². The summed E-state index contributed by atoms with van der Waals surface area (Å²) in [6.07, 6.45) is 3.11. The van der Waals surface area contributed by atoms with E-state index in [1.807, 2.05) is 44.2 Å². The Hall–Kier alpha value is -2.19. The molecule has 1 aromatic carbocycles. The maximum absolute atomic E-state index is 12.4. The number of carboxylic acids is 1. The van der Waals surface area contributed by atoms with Gasteiger partial charge in [0.05, 0.1) is 18.7 Å². The van der Waals surface area contributed by atoms with Crippen molar-refractivity contribution in [2.24, 2.45) is 11.8 Å². The zero-order valence-electron chi connectivity index (χ0n) is 14.3. The number of rotatable bonds is 9. The first-order valence-electron chi connectivity index (χ1n) is 8.07. The molecular weight excluding hydrogens is 342 g/mol. The van der Waals surface area contributed by atoms with Crippen LogP contribution in [0.15, 0.2) is 47.6 Å². The van der Waals surface area contributed by atoms with Crippen LogP contribution in [0.3, 0.4) is 0 Å². The molecule has 0 radical (unpaired) electrons. The summed E-state index contributed by atoms with van der Waals surface area (Å²) in [5.41, 5.74) is 1.00. The Kier molecular flexibility index (Phi) is 6.33. The van der Waals surface area contributed by atoms with E-state index in [0.29, 0.717) is 13.0 Å². The Morgan fingerprint density at radius 2 is 1.96 bits per heavy atom. The van der Waals surface area contributed by atoms with Gasteiger partial charge in [0.25, 0.3) is 0 Å². The minimum absolute atomic E-state index is 0.0251. The van der Waals surface area contributed by atoms with Crippen molar-refractivity contribution < 1.29 is 18.3 Å². The molecule has 0 aliphatic heterocycles. The van der Waals surface area contributed by atoms with Crippen molar-refractivity contribution in [3.05, 3.63) is 48.3 Å². The van der Waals surface area contributed by atoms with Crippen LogP contribution in [-0.2, 0) is 21.4 Å². The molecule has 8 heteroatoms. The van der Waals surface area contributed by atoms with Crippen molar-refractivity contribution in [1.29, 1.82) is 0 Å². The summed E-state index contributed by atoms with van der Waals surface area (Å²) >= 11 is 0. The van der Waals surface area contributed by atoms with Crippen molar-refractivity contribution in [3.63, 3.8) is 0 Å². The molecule has 7 nitrogen and oxygen atoms in total. The molecule has 2 rings (SSSR count). The third-order valence-electron chi connectivity index (χ3n) is 3.73. The zero-order valence-corrected chi connectivity index (χ0v) is 15.1. The van der Waals surface area contributed by atoms with Gasteiger partial charge in [-0.25, -0.2) is 13.1 Å². The summed E-state index contributed by atoms with van der Waals surface area (Å²) in [5, 5.41) is 13.3. The maximum atomic E-state index is 12.4. The molecule has 2 aromatic rings. The first-order chi connectivity index (χ1) is 11.8. The summed E-state index contributed by atoms with van der Waals surface area (Å²) in [6, 6.07) is 9.56. The normalized spacial score (nSPS) is 13.1. The second-order valence-electron chi connectivity index (χ2n) is 6.38. The lowest BCUT2D eigenvalue weighted by atomic mass is 9.98. The van der Waals surface area contributed by atoms with Gasteiger partial charge in [-0.15, -0.1) is 0 Å². The van der Waals surface area contributed by atoms with Crippen molar-refractivity contribution in [3.8, 4) is 0 Å². The minimum Gasteiger partial charge on any atom is -0.481 e. The molecule has 0 saturated carbocycles. The second-order valence-corrected chi connectivity index (χ2v) is 8.14. The minimum atomic E-state index is -3.79. The summed E-state index contributed by atoms with van der Waals surface area (Å²) in [7, 11) is -3.79. The lowest BCUT2D eigenvalue weighted by Crippen LogP contribution is -2.33. The zero-order chi connectivity index (χ0) is 18.4. The number of carbonyl (C=O) groups is 1. The molecule has 0 bridgehead atoms. The Morgan fingerprint density at radius 3 is 2.56 bits per heavy atom. The van der Waals surface area contributed by atoms with Crippen LogP contribution in [0.25, 0.3) is 0 Å². The highest BCUT2D eigenvalue weighted by Gasteiger charge is 2.23. The lowest BCUT2D eigenvalue weighted by molar-refractivity contribution is -0.142. The first-order valence-corrected chi connectivity index (χ1v) is 9.55. The van der Waals surface area contributed by atoms with E-state index in [0.717, 1.165) is 5.56 Å². The van der Waals surface area contributed by atoms with E-state index >= 15 is 0 Å². The Bertz CT molecular complexity index is 800. The number of hydrogen-bond acceptors (Lipinski definition) is 4. The van der Waals surface area contributed by atoms with Gasteiger partial charge in [-0.1, -0.05) is 44.2 Å². The summed E-state index contributed by atoms with van der Waals surface area (Å²) in [5.74, 6) is -1.59. The molecular formula is C17H23N3O4S. The van der Waals surface area contributed by atoms with E-state index in [2.05, 4.69) is 9.82 Å². The molecule has 0 fully saturated rings. The van der Waals surface area contributed by atoms with Crippen LogP contribution in [0.4, 0.5) is 0 Å². The van der Waals surface area contributed by atoms with E-state index in [4.69, 9.17) is 0 Å². The molecule has 0 aliphatic rings. The predicted molar refractivity (Wildman–Crippen MR) is 93.5 cm³/mol. The van der Waals surface area contributed by atoms with Gasteiger partial charge in [0, 0.05) is 12.7 Å². The standard InChI is InChI=1S/C17H23N3O4S/c1-13(2)8-15(17(21)22)9-19-25(23,24)16-10-18-20(12-16)11-14-6-4-3-5-7-14/h3-7,10,12-13,15,19H,8-9,11H2,1-2H3,(H,21,22). The number of hydrogen-bond donors (Lipinski definition) is 2. The number of carboxylic acid groups (broad SMARTS) is 1. The van der Waals surface area contributed by atoms with Crippen LogP contribution in [0.2, 0.25) is 0 Å². The van der Waals surface area contributed by atoms with Gasteiger partial charge >= 0.3 is 5.97 Å². The molecule has 136 valence electrons. The molecule has 1 atom stereocenters. The van der Waals surface area contributed by atoms with Crippen molar-refractivity contribution in [1.82, 2.24) is 14.5 Å². The molecule has 0 spiro atoms. The lowest BCUT2D eigenvalue weighted by Gasteiger charge is -2.15. The number of aromatic nitrogens is 2. The van der Waals surface area contributed by atoms with Crippen LogP contribution in [0.1, 0.15) is 25.8 Å². The Labute approximate surface area is 147 Å². The second kappa shape index (κ2) is 8.26. The quantitative estimate of drug-likeness (QED) is 0.707. The Balaban J connectivity index is 2.03. The molecule has 0 aliphatic carbocycles. The summed E-state index contributed by atoms with van der Waals surface area (Å²) < 4.78 is 28.6. The van der Waals surface area contributed by atoms with E-state index in [1.54, 1.807) is 0 Å². The van der Waals surface area contributed by atoms with Gasteiger partial charge in [0.15, 0.2) is 0 Å². The van der Waals surface area contributed by atoms with Crippen molar-refractivity contribution >= 4 is 16.0 Å². The highest BCUT2D eigenvalue weighted by Crippen LogP contribution is 2.14. The SMILES string of the molecule is CC(C)CC(CNS(=O)(=O)c1cnn(Cc2ccccc2)c1)C(=O)O. The number of sulfonamides is 1. The van der Waals surface area contributed by atoms with Crippen LogP contribution in [-0.4, -0.2) is 35.8 Å². The number of nitrogens with one attached hydrogen (secondary N) is 1. The van der Waals surface area contributed by atoms with Crippen molar-refractivity contribution in [2.75, 3.05) is 6.54 Å². The van der Waals surface area contributed by atoms with Gasteiger partial charge in [0.2, 0.25) is 10.0 Å². The first kappa shape index (κ1) is 19.1. The molecule has 1 aromatic heterocycles. The monoisotopic (exact) mass is 365 g/mol. The largest absolute Gasteiger partial charge is 0.481 e. The van der Waals surface area contributed by atoms with Crippen LogP contribution in [0, 0.1) is 11.8 Å². The van der Waals surface area contributed by atoms with E-state index in [1.165, 1.54) is 17.1 Å². The predicted octanol–water partition coefficient (Wildman–Crippen LogP) is 1.96. The fraction of sp³-hybridized carbons (Fsp3) is 0.412. The van der Waals surface area contributed by atoms with Gasteiger partial charge in [0.1, 0.15) is 4.90 Å². The van der Waals surface area contributed by atoms with Gasteiger partial charge in [-0.3, -0.25) is 9.48 Å². The smallest absolute Gasteiger partial charge is 0.307 e. The molecule has 1 heterocycles. The van der Waals surface area contributed by atoms with E-state index in [9.17, 15) is 18.3 Å². The average molecular weight is 365 g/mol. The van der Waals surface area contributed by atoms with Crippen molar-refractivity contribution in [2.45, 2.75) is 31.7 Å². The maximum Gasteiger partial charge on any atom is 0.307 e.